The van der Waals surface area contributed by atoms with Crippen LogP contribution in [-0.2, 0) is 14.3 Å². The molecule has 0 spiro atoms. The topological polar surface area (TPSA) is 119 Å². The third kappa shape index (κ3) is 4.39. The number of aryl methyl sites for hydroxylation is 1. The maximum Gasteiger partial charge on any atom is 0.247 e. The molecule has 2 aliphatic heterocycles. The number of fused-ring (bicyclic) bond motifs is 1. The number of nitrogens with one attached hydrogen (secondary N) is 1. The third-order valence-corrected chi connectivity index (χ3v) is 5.61. The highest BCUT2D eigenvalue weighted by molar-refractivity contribution is 5.98. The van der Waals surface area contributed by atoms with Gasteiger partial charge in [0.25, 0.3) is 0 Å². The predicted molar refractivity (Wildman–Crippen MR) is 121 cm³/mol. The summed E-state index contributed by atoms with van der Waals surface area (Å²) in [4.78, 5) is 17.1. The molecule has 0 bridgehead atoms. The quantitative estimate of drug-likeness (QED) is 0.382. The molecule has 1 unspecified atom stereocenters. The molecule has 1 aromatic rings. The summed E-state index contributed by atoms with van der Waals surface area (Å²) >= 11 is 0. The fourth-order valence-corrected chi connectivity index (χ4v) is 3.94. The summed E-state index contributed by atoms with van der Waals surface area (Å²) in [6.07, 6.45) is 5.58. The molecule has 2 aliphatic rings. The second kappa shape index (κ2) is 9.71. The molecule has 8 heteroatoms. The van der Waals surface area contributed by atoms with Gasteiger partial charge < -0.3 is 25.3 Å². The zero-order valence-electron chi connectivity index (χ0n) is 18.8. The first-order valence-corrected chi connectivity index (χ1v) is 10.3. The number of nitrogens with zero attached hydrogens (tertiary/aromatic N) is 2. The first kappa shape index (κ1) is 23.1. The zero-order chi connectivity index (χ0) is 23.4. The van der Waals surface area contributed by atoms with Crippen molar-refractivity contribution in [2.45, 2.75) is 39.2 Å². The molecule has 2 atom stereocenters. The Hall–Kier alpha value is -3.57. The van der Waals surface area contributed by atoms with Crippen LogP contribution in [0.2, 0.25) is 0 Å². The second-order valence-corrected chi connectivity index (χ2v) is 7.69. The summed E-state index contributed by atoms with van der Waals surface area (Å²) < 4.78 is 17.2. The van der Waals surface area contributed by atoms with Crippen molar-refractivity contribution in [1.82, 2.24) is 4.98 Å². The number of hydrogen-bond acceptors (Lipinski definition) is 7. The minimum absolute atomic E-state index is 0.141. The standard InChI is InChI=1S/C24H28N4O4/c1-6-16(10-25)9-18(30-5)14(3)19-20(23(26)29)15(4)28-22-13(2)11-27-24(21(19)22)32-17-7-8-31-12-17/h6,9,11,17,19,28H,3,7-8,12H2,1-2,4-5H3,(H2,26,29)/b16-6+,18-9+/t17?,19-/m1/s1. The van der Waals surface area contributed by atoms with Gasteiger partial charge in [0, 0.05) is 23.9 Å². The average Bonchev–Trinajstić information content (AvgIpc) is 3.28. The SMILES string of the molecule is C=C(/C(=C\C(C#N)=C/C)OC)[C@@H]1C(C(N)=O)=C(C)Nc2c(C)cnc(OC3CCOC3)c21. The molecule has 168 valence electrons. The second-order valence-electron chi connectivity index (χ2n) is 7.69. The number of anilines is 1. The van der Waals surface area contributed by atoms with E-state index in [0.29, 0.717) is 52.8 Å². The molecule has 32 heavy (non-hydrogen) atoms. The van der Waals surface area contributed by atoms with Crippen molar-refractivity contribution in [2.24, 2.45) is 5.73 Å². The fourth-order valence-electron chi connectivity index (χ4n) is 3.94. The number of allylic oxidation sites excluding steroid dienone is 5. The predicted octanol–water partition coefficient (Wildman–Crippen LogP) is 3.38. The number of pyridine rings is 1. The van der Waals surface area contributed by atoms with E-state index in [-0.39, 0.29) is 6.10 Å². The molecule has 0 radical (unpaired) electrons. The van der Waals surface area contributed by atoms with Crippen LogP contribution in [0.15, 0.2) is 53.1 Å². The van der Waals surface area contributed by atoms with E-state index in [1.807, 2.05) is 6.92 Å². The van der Waals surface area contributed by atoms with Gasteiger partial charge in [-0.05, 0) is 38.0 Å². The summed E-state index contributed by atoms with van der Waals surface area (Å²) in [5.74, 6) is -0.518. The van der Waals surface area contributed by atoms with E-state index in [1.54, 1.807) is 32.2 Å². The van der Waals surface area contributed by atoms with Crippen LogP contribution in [-0.4, -0.2) is 37.3 Å². The number of rotatable bonds is 7. The van der Waals surface area contributed by atoms with Gasteiger partial charge in [0.2, 0.25) is 11.8 Å². The van der Waals surface area contributed by atoms with Gasteiger partial charge in [-0.2, -0.15) is 5.26 Å². The summed E-state index contributed by atoms with van der Waals surface area (Å²) in [7, 11) is 1.49. The first-order chi connectivity index (χ1) is 15.3. The summed E-state index contributed by atoms with van der Waals surface area (Å²) in [5.41, 5.74) is 9.95. The number of carbonyl (C=O) groups is 1. The Kier molecular flexibility index (Phi) is 7.01. The number of primary amides is 1. The highest BCUT2D eigenvalue weighted by Gasteiger charge is 2.38. The fraction of sp³-hybridized carbons (Fsp3) is 0.375. The van der Waals surface area contributed by atoms with E-state index in [4.69, 9.17) is 19.9 Å². The molecule has 1 saturated heterocycles. The first-order valence-electron chi connectivity index (χ1n) is 10.3. The lowest BCUT2D eigenvalue weighted by Crippen LogP contribution is -2.30. The molecular weight excluding hydrogens is 408 g/mol. The van der Waals surface area contributed by atoms with Crippen LogP contribution in [0.5, 0.6) is 5.88 Å². The Balaban J connectivity index is 2.21. The van der Waals surface area contributed by atoms with Crippen molar-refractivity contribution in [3.05, 3.63) is 64.2 Å². The van der Waals surface area contributed by atoms with Crippen LogP contribution >= 0.6 is 0 Å². The molecule has 3 N–H and O–H groups in total. The monoisotopic (exact) mass is 436 g/mol. The highest BCUT2D eigenvalue weighted by atomic mass is 16.5. The zero-order valence-corrected chi connectivity index (χ0v) is 18.8. The highest BCUT2D eigenvalue weighted by Crippen LogP contribution is 2.48. The van der Waals surface area contributed by atoms with Crippen LogP contribution in [0.1, 0.15) is 37.3 Å². The van der Waals surface area contributed by atoms with Crippen LogP contribution < -0.4 is 15.8 Å². The van der Waals surface area contributed by atoms with Gasteiger partial charge in [0.1, 0.15) is 11.9 Å². The number of nitrogens with two attached hydrogens (primary N) is 1. The van der Waals surface area contributed by atoms with E-state index >= 15 is 0 Å². The number of hydrogen-bond donors (Lipinski definition) is 2. The molecule has 3 heterocycles. The van der Waals surface area contributed by atoms with Crippen molar-refractivity contribution in [1.29, 1.82) is 5.26 Å². The van der Waals surface area contributed by atoms with E-state index in [1.165, 1.54) is 7.11 Å². The van der Waals surface area contributed by atoms with E-state index < -0.39 is 11.8 Å². The minimum atomic E-state index is -0.670. The van der Waals surface area contributed by atoms with Crippen LogP contribution in [0, 0.1) is 18.3 Å². The van der Waals surface area contributed by atoms with Crippen LogP contribution in [0.4, 0.5) is 5.69 Å². The lowest BCUT2D eigenvalue weighted by molar-refractivity contribution is -0.114. The average molecular weight is 437 g/mol. The third-order valence-electron chi connectivity index (χ3n) is 5.61. The van der Waals surface area contributed by atoms with Crippen LogP contribution in [0.25, 0.3) is 0 Å². The van der Waals surface area contributed by atoms with Gasteiger partial charge in [-0.15, -0.1) is 0 Å². The molecule has 8 nitrogen and oxygen atoms in total. The number of amides is 1. The van der Waals surface area contributed by atoms with Crippen molar-refractivity contribution in [3.63, 3.8) is 0 Å². The van der Waals surface area contributed by atoms with Gasteiger partial charge in [-0.25, -0.2) is 4.98 Å². The maximum atomic E-state index is 12.6. The van der Waals surface area contributed by atoms with Crippen molar-refractivity contribution >= 4 is 11.6 Å². The molecule has 0 aliphatic carbocycles. The summed E-state index contributed by atoms with van der Waals surface area (Å²) in [5, 5.41) is 12.7. The van der Waals surface area contributed by atoms with Crippen molar-refractivity contribution in [3.8, 4) is 11.9 Å². The Labute approximate surface area is 188 Å². The number of aromatic nitrogens is 1. The van der Waals surface area contributed by atoms with Crippen LogP contribution in [0.3, 0.4) is 0 Å². The number of nitriles is 1. The number of ether oxygens (including phenoxy) is 3. The van der Waals surface area contributed by atoms with E-state index in [2.05, 4.69) is 22.9 Å². The van der Waals surface area contributed by atoms with Gasteiger partial charge >= 0.3 is 0 Å². The molecule has 0 saturated carbocycles. The Bertz CT molecular complexity index is 1070. The Morgan fingerprint density at radius 2 is 2.22 bits per heavy atom. The Morgan fingerprint density at radius 1 is 1.47 bits per heavy atom. The maximum absolute atomic E-state index is 12.6. The normalized spacial score (nSPS) is 20.8. The molecular formula is C24H28N4O4. The van der Waals surface area contributed by atoms with Gasteiger partial charge in [-0.3, -0.25) is 4.79 Å². The Morgan fingerprint density at radius 3 is 2.78 bits per heavy atom. The van der Waals surface area contributed by atoms with E-state index in [9.17, 15) is 10.1 Å². The van der Waals surface area contributed by atoms with Gasteiger partial charge in [-0.1, -0.05) is 12.7 Å². The summed E-state index contributed by atoms with van der Waals surface area (Å²) in [6.45, 7) is 10.8. The van der Waals surface area contributed by atoms with E-state index in [0.717, 1.165) is 17.7 Å². The van der Waals surface area contributed by atoms with Gasteiger partial charge in [0.15, 0.2) is 0 Å². The largest absolute Gasteiger partial charge is 0.496 e. The van der Waals surface area contributed by atoms with Crippen molar-refractivity contribution < 1.29 is 19.0 Å². The number of carbonyl (C=O) groups excluding carboxylic acids is 1. The lowest BCUT2D eigenvalue weighted by atomic mass is 9.79. The van der Waals surface area contributed by atoms with Crippen molar-refractivity contribution in [2.75, 3.05) is 25.6 Å². The molecule has 3 rings (SSSR count). The smallest absolute Gasteiger partial charge is 0.247 e. The van der Waals surface area contributed by atoms with Gasteiger partial charge in [0.05, 0.1) is 49.1 Å². The molecule has 1 fully saturated rings. The molecule has 1 aromatic heterocycles. The molecule has 1 amide bonds. The summed E-state index contributed by atoms with van der Waals surface area (Å²) in [6, 6.07) is 2.10. The lowest BCUT2D eigenvalue weighted by Gasteiger charge is -2.33. The number of methoxy groups -OCH3 is 1. The minimum Gasteiger partial charge on any atom is -0.496 e. The molecule has 0 aromatic carbocycles.